The summed E-state index contributed by atoms with van der Waals surface area (Å²) in [5, 5.41) is 0.0450. The van der Waals surface area contributed by atoms with Crippen LogP contribution in [0.5, 0.6) is 5.88 Å². The molecule has 0 fully saturated rings. The van der Waals surface area contributed by atoms with Gasteiger partial charge in [0.1, 0.15) is 4.90 Å². The lowest BCUT2D eigenvalue weighted by Crippen LogP contribution is -2.40. The number of amides is 1. The largest absolute Gasteiger partial charge is 0.464 e. The van der Waals surface area contributed by atoms with Crippen molar-refractivity contribution < 1.29 is 17.9 Å². The number of pyridine rings is 1. The summed E-state index contributed by atoms with van der Waals surface area (Å²) in [5.41, 5.74) is 0.441. The van der Waals surface area contributed by atoms with Crippen LogP contribution in [0.2, 0.25) is 5.02 Å². The maximum atomic E-state index is 12.4. The number of benzene rings is 1. The Balaban J connectivity index is 2.15. The van der Waals surface area contributed by atoms with Gasteiger partial charge in [0.25, 0.3) is 15.9 Å². The molecule has 1 aromatic carbocycles. The number of aryl methyl sites for hydroxylation is 1. The van der Waals surface area contributed by atoms with E-state index in [-0.39, 0.29) is 15.8 Å². The highest BCUT2D eigenvalue weighted by Crippen LogP contribution is 2.24. The van der Waals surface area contributed by atoms with Crippen molar-refractivity contribution in [2.75, 3.05) is 0 Å². The first-order valence-corrected chi connectivity index (χ1v) is 8.57. The molecule has 2 rings (SSSR count). The highest BCUT2D eigenvalue weighted by atomic mass is 35.5. The average molecular weight is 355 g/mol. The van der Waals surface area contributed by atoms with Crippen molar-refractivity contribution in [1.82, 2.24) is 9.71 Å². The van der Waals surface area contributed by atoms with E-state index in [1.807, 2.05) is 4.72 Å². The molecule has 0 spiro atoms. The van der Waals surface area contributed by atoms with E-state index in [1.165, 1.54) is 19.2 Å². The zero-order valence-corrected chi connectivity index (χ0v) is 14.1. The Kier molecular flexibility index (Phi) is 5.23. The molecular formula is C15H15ClN2O4S. The van der Waals surface area contributed by atoms with Gasteiger partial charge >= 0.3 is 0 Å². The number of aromatic nitrogens is 1. The van der Waals surface area contributed by atoms with Crippen molar-refractivity contribution in [3.63, 3.8) is 0 Å². The van der Waals surface area contributed by atoms with Crippen molar-refractivity contribution in [3.05, 3.63) is 53.2 Å². The number of carbonyl (C=O) groups is 1. The van der Waals surface area contributed by atoms with Crippen molar-refractivity contribution in [2.24, 2.45) is 0 Å². The van der Waals surface area contributed by atoms with Gasteiger partial charge in [0.05, 0.1) is 5.02 Å². The Morgan fingerprint density at radius 2 is 2.00 bits per heavy atom. The first kappa shape index (κ1) is 17.2. The maximum absolute atomic E-state index is 12.4. The zero-order valence-electron chi connectivity index (χ0n) is 12.5. The van der Waals surface area contributed by atoms with Gasteiger partial charge in [-0.25, -0.2) is 18.1 Å². The fraction of sp³-hybridized carbons (Fsp3) is 0.200. The van der Waals surface area contributed by atoms with Gasteiger partial charge in [-0.05, 0) is 31.5 Å². The minimum Gasteiger partial charge on any atom is -0.464 e. The average Bonchev–Trinajstić information content (AvgIpc) is 2.47. The summed E-state index contributed by atoms with van der Waals surface area (Å²) in [6.45, 7) is 3.03. The van der Waals surface area contributed by atoms with E-state index in [4.69, 9.17) is 16.3 Å². The Morgan fingerprint density at radius 3 is 2.61 bits per heavy atom. The van der Waals surface area contributed by atoms with Crippen molar-refractivity contribution in [1.29, 1.82) is 0 Å². The number of ether oxygens (including phenoxy) is 1. The van der Waals surface area contributed by atoms with Gasteiger partial charge in [0, 0.05) is 12.3 Å². The second-order valence-electron chi connectivity index (χ2n) is 4.78. The molecule has 0 saturated carbocycles. The topological polar surface area (TPSA) is 85.4 Å². The van der Waals surface area contributed by atoms with Crippen LogP contribution in [0.3, 0.4) is 0 Å². The molecule has 6 nitrogen and oxygen atoms in total. The first-order valence-electron chi connectivity index (χ1n) is 6.71. The van der Waals surface area contributed by atoms with Crippen LogP contribution < -0.4 is 9.46 Å². The monoisotopic (exact) mass is 354 g/mol. The third kappa shape index (κ3) is 4.20. The van der Waals surface area contributed by atoms with E-state index in [2.05, 4.69) is 4.98 Å². The number of hydrogen-bond donors (Lipinski definition) is 1. The highest BCUT2D eigenvalue weighted by Gasteiger charge is 2.26. The summed E-state index contributed by atoms with van der Waals surface area (Å²) in [6.07, 6.45) is 0.464. The summed E-state index contributed by atoms with van der Waals surface area (Å²) < 4.78 is 32.0. The van der Waals surface area contributed by atoms with E-state index in [0.717, 1.165) is 0 Å². The van der Waals surface area contributed by atoms with Crippen molar-refractivity contribution in [3.8, 4) is 5.88 Å². The molecular weight excluding hydrogens is 340 g/mol. The number of halogens is 1. The number of rotatable bonds is 5. The quantitative estimate of drug-likeness (QED) is 0.890. The van der Waals surface area contributed by atoms with Gasteiger partial charge in [-0.15, -0.1) is 0 Å². The van der Waals surface area contributed by atoms with Gasteiger partial charge < -0.3 is 4.74 Å². The van der Waals surface area contributed by atoms with E-state index in [0.29, 0.717) is 5.56 Å². The number of sulfonamides is 1. The van der Waals surface area contributed by atoms with Crippen LogP contribution in [-0.4, -0.2) is 25.4 Å². The summed E-state index contributed by atoms with van der Waals surface area (Å²) >= 11 is 5.94. The van der Waals surface area contributed by atoms with Crippen LogP contribution in [-0.2, 0) is 14.8 Å². The SMILES string of the molecule is Cc1cccc(Cl)c1S(=O)(=O)NC(=O)C(C)Oc1ccccn1. The minimum absolute atomic E-state index is 0.0450. The van der Waals surface area contributed by atoms with Crippen molar-refractivity contribution >= 4 is 27.5 Å². The predicted octanol–water partition coefficient (Wildman–Crippen LogP) is 2.32. The van der Waals surface area contributed by atoms with Gasteiger partial charge in [-0.2, -0.15) is 0 Å². The summed E-state index contributed by atoms with van der Waals surface area (Å²) in [5.74, 6) is -0.587. The maximum Gasteiger partial charge on any atom is 0.274 e. The standard InChI is InChI=1S/C15H15ClN2O4S/c1-10-6-5-7-12(16)14(10)23(20,21)18-15(19)11(2)22-13-8-3-4-9-17-13/h3-9,11H,1-2H3,(H,18,19). The molecule has 1 unspecified atom stereocenters. The van der Waals surface area contributed by atoms with Gasteiger partial charge in [-0.1, -0.05) is 29.8 Å². The predicted molar refractivity (Wildman–Crippen MR) is 85.8 cm³/mol. The zero-order chi connectivity index (χ0) is 17.0. The Bertz CT molecular complexity index is 789. The summed E-state index contributed by atoms with van der Waals surface area (Å²) in [7, 11) is -4.09. The molecule has 23 heavy (non-hydrogen) atoms. The first-order chi connectivity index (χ1) is 10.8. The molecule has 0 aliphatic heterocycles. The molecule has 1 atom stereocenters. The molecule has 0 aliphatic rings. The van der Waals surface area contributed by atoms with Crippen LogP contribution >= 0.6 is 11.6 Å². The van der Waals surface area contributed by atoms with E-state index >= 15 is 0 Å². The van der Waals surface area contributed by atoms with E-state index < -0.39 is 22.0 Å². The number of hydrogen-bond acceptors (Lipinski definition) is 5. The second kappa shape index (κ2) is 6.97. The molecule has 1 aromatic heterocycles. The van der Waals surface area contributed by atoms with E-state index in [9.17, 15) is 13.2 Å². The van der Waals surface area contributed by atoms with Gasteiger partial charge in [0.15, 0.2) is 6.10 Å². The fourth-order valence-electron chi connectivity index (χ4n) is 1.87. The van der Waals surface area contributed by atoms with Crippen LogP contribution in [0, 0.1) is 6.92 Å². The lowest BCUT2D eigenvalue weighted by atomic mass is 10.2. The molecule has 1 heterocycles. The molecule has 1 N–H and O–H groups in total. The Hall–Kier alpha value is -2.12. The third-order valence-corrected chi connectivity index (χ3v) is 4.95. The van der Waals surface area contributed by atoms with Gasteiger partial charge in [0.2, 0.25) is 5.88 Å². The molecule has 122 valence electrons. The van der Waals surface area contributed by atoms with Gasteiger partial charge in [-0.3, -0.25) is 4.79 Å². The lowest BCUT2D eigenvalue weighted by molar-refractivity contribution is -0.125. The molecule has 8 heteroatoms. The molecule has 0 radical (unpaired) electrons. The van der Waals surface area contributed by atoms with Crippen LogP contribution in [0.1, 0.15) is 12.5 Å². The smallest absolute Gasteiger partial charge is 0.274 e. The van der Waals surface area contributed by atoms with Crippen LogP contribution in [0.15, 0.2) is 47.5 Å². The molecule has 0 aliphatic carbocycles. The molecule has 2 aromatic rings. The summed E-state index contributed by atoms with van der Waals surface area (Å²) in [6, 6.07) is 9.63. The molecule has 0 bridgehead atoms. The van der Waals surface area contributed by atoms with Crippen LogP contribution in [0.25, 0.3) is 0 Å². The fourth-order valence-corrected chi connectivity index (χ4v) is 3.75. The number of carbonyl (C=O) groups excluding carboxylic acids is 1. The van der Waals surface area contributed by atoms with Crippen LogP contribution in [0.4, 0.5) is 0 Å². The highest BCUT2D eigenvalue weighted by molar-refractivity contribution is 7.90. The normalized spacial score (nSPS) is 12.5. The number of nitrogens with one attached hydrogen (secondary N) is 1. The lowest BCUT2D eigenvalue weighted by Gasteiger charge is -2.15. The minimum atomic E-state index is -4.09. The Morgan fingerprint density at radius 1 is 1.26 bits per heavy atom. The molecule has 1 amide bonds. The Labute approximate surface area is 139 Å². The third-order valence-electron chi connectivity index (χ3n) is 2.97. The van der Waals surface area contributed by atoms with E-state index in [1.54, 1.807) is 37.3 Å². The number of nitrogens with zero attached hydrogens (tertiary/aromatic N) is 1. The summed E-state index contributed by atoms with van der Waals surface area (Å²) in [4.78, 5) is 15.9. The molecule has 0 saturated heterocycles. The second-order valence-corrected chi connectivity index (χ2v) is 6.81. The van der Waals surface area contributed by atoms with Crippen molar-refractivity contribution in [2.45, 2.75) is 24.8 Å².